The van der Waals surface area contributed by atoms with E-state index in [1.54, 1.807) is 35.2 Å². The minimum atomic E-state index is -0.351. The molecule has 1 aliphatic heterocycles. The number of nitrogen functional groups attached to an aromatic ring is 1. The van der Waals surface area contributed by atoms with Gasteiger partial charge in [0.25, 0.3) is 5.91 Å². The monoisotopic (exact) mass is 593 g/mol. The fraction of sp³-hybridized carbons (Fsp3) is 0.545. The SMILES string of the molecule is C[C@@H]1CN([C@H](C)CO)C(=O)c2cccc(NC(=O)CCCCCC(=O)Nc3ccccc3N)c2O[C@@H]1CN(C)CC1CC1. The van der Waals surface area contributed by atoms with Crippen LogP contribution in [0.15, 0.2) is 42.5 Å². The smallest absolute Gasteiger partial charge is 0.258 e. The van der Waals surface area contributed by atoms with Gasteiger partial charge in [-0.2, -0.15) is 0 Å². The van der Waals surface area contributed by atoms with Gasteiger partial charge in [-0.25, -0.2) is 0 Å². The first kappa shape index (κ1) is 32.3. The lowest BCUT2D eigenvalue weighted by molar-refractivity contribution is -0.116. The number of likely N-dealkylation sites (N-methyl/N-ethyl adjacent to an activating group) is 1. The fourth-order valence-electron chi connectivity index (χ4n) is 5.47. The maximum Gasteiger partial charge on any atom is 0.258 e. The number of hydrogen-bond acceptors (Lipinski definition) is 7. The van der Waals surface area contributed by atoms with Crippen LogP contribution in [-0.4, -0.2) is 78.1 Å². The minimum absolute atomic E-state index is 0.00652. The number of nitrogens with two attached hydrogens (primary N) is 1. The third-order valence-electron chi connectivity index (χ3n) is 8.27. The summed E-state index contributed by atoms with van der Waals surface area (Å²) in [7, 11) is 2.10. The molecule has 2 aromatic carbocycles. The number of anilines is 3. The molecule has 1 saturated carbocycles. The predicted molar refractivity (Wildman–Crippen MR) is 169 cm³/mol. The molecule has 1 fully saturated rings. The van der Waals surface area contributed by atoms with Crippen LogP contribution in [0.3, 0.4) is 0 Å². The summed E-state index contributed by atoms with van der Waals surface area (Å²) in [6, 6.07) is 12.0. The van der Waals surface area contributed by atoms with Crippen molar-refractivity contribution in [3.63, 3.8) is 0 Å². The molecule has 10 nitrogen and oxygen atoms in total. The van der Waals surface area contributed by atoms with Gasteiger partial charge in [-0.1, -0.05) is 31.5 Å². The topological polar surface area (TPSA) is 137 Å². The molecule has 0 radical (unpaired) electrons. The summed E-state index contributed by atoms with van der Waals surface area (Å²) in [6.45, 7) is 5.94. The molecule has 1 heterocycles. The second-order valence-corrected chi connectivity index (χ2v) is 12.2. The zero-order valence-corrected chi connectivity index (χ0v) is 25.7. The number of carbonyl (C=O) groups is 3. The maximum atomic E-state index is 13.7. The lowest BCUT2D eigenvalue weighted by Crippen LogP contribution is -2.50. The number of nitrogens with one attached hydrogen (secondary N) is 2. The zero-order chi connectivity index (χ0) is 30.9. The number of ether oxygens (including phenoxy) is 1. The number of aliphatic hydroxyl groups excluding tert-OH is 1. The molecular weight excluding hydrogens is 546 g/mol. The van der Waals surface area contributed by atoms with Crippen LogP contribution in [0.4, 0.5) is 17.1 Å². The van der Waals surface area contributed by atoms with E-state index in [-0.39, 0.29) is 48.8 Å². The average molecular weight is 594 g/mol. The Morgan fingerprint density at radius 3 is 2.33 bits per heavy atom. The van der Waals surface area contributed by atoms with Crippen molar-refractivity contribution in [2.45, 2.75) is 70.9 Å². The molecule has 4 rings (SSSR count). The van der Waals surface area contributed by atoms with Crippen molar-refractivity contribution >= 4 is 34.8 Å². The summed E-state index contributed by atoms with van der Waals surface area (Å²) in [5.74, 6) is 0.615. The third-order valence-corrected chi connectivity index (χ3v) is 8.27. The Kier molecular flexibility index (Phi) is 11.4. The van der Waals surface area contributed by atoms with Gasteiger partial charge in [0.2, 0.25) is 11.8 Å². The van der Waals surface area contributed by atoms with Crippen LogP contribution >= 0.6 is 0 Å². The Bertz CT molecular complexity index is 1270. The lowest BCUT2D eigenvalue weighted by Gasteiger charge is -2.38. The number of carbonyl (C=O) groups excluding carboxylic acids is 3. The molecule has 2 aliphatic rings. The molecule has 10 heteroatoms. The second-order valence-electron chi connectivity index (χ2n) is 12.2. The third kappa shape index (κ3) is 9.18. The predicted octanol–water partition coefficient (Wildman–Crippen LogP) is 4.36. The van der Waals surface area contributed by atoms with E-state index in [0.29, 0.717) is 67.1 Å². The van der Waals surface area contributed by atoms with Gasteiger partial charge in [-0.3, -0.25) is 14.4 Å². The van der Waals surface area contributed by atoms with Gasteiger partial charge in [-0.15, -0.1) is 0 Å². The van der Waals surface area contributed by atoms with Crippen LogP contribution in [0, 0.1) is 11.8 Å². The van der Waals surface area contributed by atoms with E-state index in [1.807, 2.05) is 19.1 Å². The van der Waals surface area contributed by atoms with Crippen molar-refractivity contribution in [2.75, 3.05) is 49.7 Å². The molecule has 5 N–H and O–H groups in total. The average Bonchev–Trinajstić information content (AvgIpc) is 3.79. The first-order valence-corrected chi connectivity index (χ1v) is 15.5. The van der Waals surface area contributed by atoms with Crippen LogP contribution in [0.5, 0.6) is 5.75 Å². The van der Waals surface area contributed by atoms with Crippen molar-refractivity contribution < 1.29 is 24.2 Å². The normalized spacial score (nSPS) is 19.2. The molecule has 0 spiro atoms. The van der Waals surface area contributed by atoms with E-state index in [1.165, 1.54) is 12.8 Å². The standard InChI is InChI=1S/C33H47N5O5/c1-22-18-38(23(2)21-39)33(42)25-10-9-13-28(32(25)43-29(22)20-37(3)19-24-16-17-24)36-31(41)15-6-4-5-14-30(40)35-27-12-8-7-11-26(27)34/h7-13,22-24,29,39H,4-6,14-21,34H2,1-3H3,(H,35,40)(H,36,41)/t22-,23-,29-/m1/s1. The van der Waals surface area contributed by atoms with E-state index in [2.05, 4.69) is 29.5 Å². The molecule has 0 saturated heterocycles. The highest BCUT2D eigenvalue weighted by molar-refractivity contribution is 6.01. The van der Waals surface area contributed by atoms with Crippen molar-refractivity contribution in [3.05, 3.63) is 48.0 Å². The summed E-state index contributed by atoms with van der Waals surface area (Å²) >= 11 is 0. The Morgan fingerprint density at radius 2 is 1.67 bits per heavy atom. The molecule has 234 valence electrons. The number of nitrogens with zero attached hydrogens (tertiary/aromatic N) is 2. The fourth-order valence-corrected chi connectivity index (χ4v) is 5.47. The van der Waals surface area contributed by atoms with Crippen LogP contribution < -0.4 is 21.1 Å². The van der Waals surface area contributed by atoms with E-state index < -0.39 is 0 Å². The van der Waals surface area contributed by atoms with E-state index >= 15 is 0 Å². The first-order valence-electron chi connectivity index (χ1n) is 15.5. The molecule has 0 aromatic heterocycles. The number of para-hydroxylation sites is 3. The van der Waals surface area contributed by atoms with Gasteiger partial charge in [0.05, 0.1) is 35.3 Å². The molecule has 0 unspecified atom stereocenters. The van der Waals surface area contributed by atoms with Crippen molar-refractivity contribution in [1.82, 2.24) is 9.80 Å². The molecular formula is C33H47N5O5. The van der Waals surface area contributed by atoms with Gasteiger partial charge in [0, 0.05) is 38.4 Å². The summed E-state index contributed by atoms with van der Waals surface area (Å²) in [4.78, 5) is 42.9. The van der Waals surface area contributed by atoms with Gasteiger partial charge in [0.15, 0.2) is 5.75 Å². The van der Waals surface area contributed by atoms with Crippen molar-refractivity contribution in [3.8, 4) is 5.75 Å². The van der Waals surface area contributed by atoms with Crippen LogP contribution in [0.25, 0.3) is 0 Å². The number of benzene rings is 2. The van der Waals surface area contributed by atoms with Crippen LogP contribution in [0.1, 0.15) is 69.2 Å². The molecule has 43 heavy (non-hydrogen) atoms. The number of hydrogen-bond donors (Lipinski definition) is 4. The van der Waals surface area contributed by atoms with Gasteiger partial charge in [0.1, 0.15) is 6.10 Å². The first-order chi connectivity index (χ1) is 20.7. The number of fused-ring (bicyclic) bond motifs is 1. The zero-order valence-electron chi connectivity index (χ0n) is 25.7. The highest BCUT2D eigenvalue weighted by Crippen LogP contribution is 2.36. The van der Waals surface area contributed by atoms with Crippen LogP contribution in [-0.2, 0) is 9.59 Å². The molecule has 1 aliphatic carbocycles. The highest BCUT2D eigenvalue weighted by atomic mass is 16.5. The molecule has 3 amide bonds. The van der Waals surface area contributed by atoms with Gasteiger partial charge in [-0.05, 0) is 69.8 Å². The van der Waals surface area contributed by atoms with Gasteiger partial charge >= 0.3 is 0 Å². The Labute approximate surface area is 254 Å². The summed E-state index contributed by atoms with van der Waals surface area (Å²) in [5, 5.41) is 15.7. The number of aliphatic hydroxyl groups is 1. The van der Waals surface area contributed by atoms with Crippen molar-refractivity contribution in [2.24, 2.45) is 11.8 Å². The number of amides is 3. The van der Waals surface area contributed by atoms with E-state index in [9.17, 15) is 19.5 Å². The maximum absolute atomic E-state index is 13.7. The summed E-state index contributed by atoms with van der Waals surface area (Å²) in [6.07, 6.45) is 4.92. The van der Waals surface area contributed by atoms with Crippen molar-refractivity contribution in [1.29, 1.82) is 0 Å². The highest BCUT2D eigenvalue weighted by Gasteiger charge is 2.35. The molecule has 2 aromatic rings. The van der Waals surface area contributed by atoms with Crippen LogP contribution in [0.2, 0.25) is 0 Å². The van der Waals surface area contributed by atoms with Gasteiger partial charge < -0.3 is 36.0 Å². The Morgan fingerprint density at radius 1 is 1.02 bits per heavy atom. The molecule has 0 bridgehead atoms. The summed E-state index contributed by atoms with van der Waals surface area (Å²) < 4.78 is 6.59. The van der Waals surface area contributed by atoms with E-state index in [4.69, 9.17) is 10.5 Å². The Balaban J connectivity index is 1.38. The second kappa shape index (κ2) is 15.2. The number of rotatable bonds is 14. The number of unbranched alkanes of at least 4 members (excludes halogenated alkanes) is 2. The lowest BCUT2D eigenvalue weighted by atomic mass is 9.99. The summed E-state index contributed by atoms with van der Waals surface area (Å²) in [5.41, 5.74) is 7.86. The quantitative estimate of drug-likeness (QED) is 0.189. The largest absolute Gasteiger partial charge is 0.486 e. The molecule has 3 atom stereocenters. The Hall–Kier alpha value is -3.63. The minimum Gasteiger partial charge on any atom is -0.486 e. The van der Waals surface area contributed by atoms with E-state index in [0.717, 1.165) is 12.5 Å².